The third-order valence-corrected chi connectivity index (χ3v) is 4.00. The van der Waals surface area contributed by atoms with Crippen molar-refractivity contribution in [1.82, 2.24) is 0 Å². The number of rotatable bonds is 2. The van der Waals surface area contributed by atoms with Crippen molar-refractivity contribution in [2.75, 3.05) is 0 Å². The Bertz CT molecular complexity index is 591. The summed E-state index contributed by atoms with van der Waals surface area (Å²) in [6.45, 7) is 2.23. The van der Waals surface area contributed by atoms with E-state index in [0.29, 0.717) is 0 Å². The van der Waals surface area contributed by atoms with Crippen molar-refractivity contribution in [3.8, 4) is 0 Å². The quantitative estimate of drug-likeness (QED) is 0.647. The lowest BCUT2D eigenvalue weighted by Crippen LogP contribution is -2.05. The summed E-state index contributed by atoms with van der Waals surface area (Å²) >= 11 is 0. The molecule has 0 nitrogen and oxygen atoms in total. The summed E-state index contributed by atoms with van der Waals surface area (Å²) in [5, 5.41) is 0. The van der Waals surface area contributed by atoms with Gasteiger partial charge in [-0.15, -0.1) is 0 Å². The summed E-state index contributed by atoms with van der Waals surface area (Å²) in [7, 11) is 0. The third-order valence-electron chi connectivity index (χ3n) is 4.00. The fraction of sp³-hybridized carbons (Fsp3) is 0.263. The Kier molecular flexibility index (Phi) is 3.50. The molecule has 0 bridgehead atoms. The summed E-state index contributed by atoms with van der Waals surface area (Å²) in [5.74, 6) is 0. The van der Waals surface area contributed by atoms with E-state index >= 15 is 0 Å². The van der Waals surface area contributed by atoms with E-state index in [0.717, 1.165) is 0 Å². The number of benzene rings is 2. The molecule has 2 aromatic carbocycles. The van der Waals surface area contributed by atoms with Crippen LogP contribution in [0.15, 0.2) is 48.5 Å². The summed E-state index contributed by atoms with van der Waals surface area (Å²) in [6.07, 6.45) is 7.47. The minimum atomic E-state index is 1.24. The highest BCUT2D eigenvalue weighted by Crippen LogP contribution is 2.29. The van der Waals surface area contributed by atoms with E-state index < -0.39 is 0 Å². The van der Waals surface area contributed by atoms with Gasteiger partial charge in [0, 0.05) is 0 Å². The van der Waals surface area contributed by atoms with Crippen molar-refractivity contribution in [2.45, 2.75) is 32.6 Å². The van der Waals surface area contributed by atoms with E-state index in [4.69, 9.17) is 0 Å². The second-order valence-corrected chi connectivity index (χ2v) is 5.39. The second kappa shape index (κ2) is 5.44. The van der Waals surface area contributed by atoms with E-state index in [9.17, 15) is 0 Å². The molecule has 0 radical (unpaired) electrons. The highest BCUT2D eigenvalue weighted by Gasteiger charge is 2.13. The van der Waals surface area contributed by atoms with E-state index in [2.05, 4.69) is 61.5 Å². The summed E-state index contributed by atoms with van der Waals surface area (Å²) in [6, 6.07) is 17.4. The molecule has 1 aliphatic rings. The molecule has 0 saturated heterocycles. The molecule has 1 aliphatic carbocycles. The Labute approximate surface area is 115 Å². The fourth-order valence-corrected chi connectivity index (χ4v) is 3.03. The predicted octanol–water partition coefficient (Wildman–Crippen LogP) is 5.13. The van der Waals surface area contributed by atoms with Gasteiger partial charge in [-0.25, -0.2) is 0 Å². The van der Waals surface area contributed by atoms with Crippen LogP contribution in [0.5, 0.6) is 0 Å². The normalized spacial score (nSPS) is 15.1. The molecule has 0 unspecified atom stereocenters. The Balaban J connectivity index is 2.00. The highest BCUT2D eigenvalue weighted by molar-refractivity contribution is 5.82. The van der Waals surface area contributed by atoms with Gasteiger partial charge in [-0.3, -0.25) is 0 Å². The molecular weight excluding hydrogens is 228 g/mol. The molecule has 0 aliphatic heterocycles. The molecule has 3 rings (SSSR count). The topological polar surface area (TPSA) is 0 Å². The molecule has 0 heterocycles. The zero-order chi connectivity index (χ0) is 13.1. The zero-order valence-corrected chi connectivity index (χ0v) is 11.5. The third kappa shape index (κ3) is 2.63. The highest BCUT2D eigenvalue weighted by atomic mass is 14.2. The van der Waals surface area contributed by atoms with Crippen LogP contribution < -0.4 is 0 Å². The van der Waals surface area contributed by atoms with Crippen LogP contribution in [-0.2, 0) is 12.8 Å². The molecule has 0 spiro atoms. The van der Waals surface area contributed by atoms with Gasteiger partial charge >= 0.3 is 0 Å². The van der Waals surface area contributed by atoms with Crippen LogP contribution in [-0.4, -0.2) is 0 Å². The van der Waals surface area contributed by atoms with Gasteiger partial charge in [0.15, 0.2) is 0 Å². The van der Waals surface area contributed by atoms with Crippen molar-refractivity contribution >= 4 is 11.6 Å². The predicted molar refractivity (Wildman–Crippen MR) is 83.1 cm³/mol. The SMILES string of the molecule is C/C(=C/c1ccccc1)c1cccc2c1CCCC2. The molecule has 0 fully saturated rings. The van der Waals surface area contributed by atoms with Crippen LogP contribution in [0, 0.1) is 0 Å². The van der Waals surface area contributed by atoms with Crippen molar-refractivity contribution in [2.24, 2.45) is 0 Å². The van der Waals surface area contributed by atoms with Crippen molar-refractivity contribution in [3.05, 3.63) is 70.8 Å². The number of allylic oxidation sites excluding steroid dienone is 1. The minimum Gasteiger partial charge on any atom is -0.0622 e. The number of hydrogen-bond donors (Lipinski definition) is 0. The first-order valence-electron chi connectivity index (χ1n) is 7.19. The van der Waals surface area contributed by atoms with E-state index in [-0.39, 0.29) is 0 Å². The van der Waals surface area contributed by atoms with Gasteiger partial charge in [0.1, 0.15) is 0 Å². The van der Waals surface area contributed by atoms with Crippen LogP contribution in [0.2, 0.25) is 0 Å². The maximum absolute atomic E-state index is 2.30. The lowest BCUT2D eigenvalue weighted by atomic mass is 9.86. The van der Waals surface area contributed by atoms with Gasteiger partial charge in [0.2, 0.25) is 0 Å². The van der Waals surface area contributed by atoms with E-state index in [1.165, 1.54) is 42.4 Å². The standard InChI is InChI=1S/C19H20/c1-15(14-16-8-3-2-4-9-16)18-13-7-11-17-10-5-6-12-19(17)18/h2-4,7-9,11,13-14H,5-6,10,12H2,1H3/b15-14-. The first-order valence-corrected chi connectivity index (χ1v) is 7.19. The maximum Gasteiger partial charge on any atom is -0.0192 e. The lowest BCUT2D eigenvalue weighted by molar-refractivity contribution is 0.684. The van der Waals surface area contributed by atoms with Crippen molar-refractivity contribution < 1.29 is 0 Å². The van der Waals surface area contributed by atoms with Gasteiger partial charge < -0.3 is 0 Å². The van der Waals surface area contributed by atoms with Gasteiger partial charge in [0.25, 0.3) is 0 Å². The van der Waals surface area contributed by atoms with Crippen LogP contribution >= 0.6 is 0 Å². The Morgan fingerprint density at radius 3 is 2.53 bits per heavy atom. The van der Waals surface area contributed by atoms with Gasteiger partial charge in [-0.05, 0) is 60.4 Å². The van der Waals surface area contributed by atoms with Crippen LogP contribution in [0.3, 0.4) is 0 Å². The molecule has 0 amide bonds. The molecule has 0 aromatic heterocycles. The Hall–Kier alpha value is -1.82. The Morgan fingerprint density at radius 2 is 1.68 bits per heavy atom. The van der Waals surface area contributed by atoms with Crippen LogP contribution in [0.25, 0.3) is 11.6 Å². The lowest BCUT2D eigenvalue weighted by Gasteiger charge is -2.19. The van der Waals surface area contributed by atoms with Gasteiger partial charge in [-0.1, -0.05) is 54.6 Å². The molecule has 0 N–H and O–H groups in total. The molecule has 19 heavy (non-hydrogen) atoms. The first-order chi connectivity index (χ1) is 9.34. The number of aryl methyl sites for hydroxylation is 1. The molecular formula is C19H20. The van der Waals surface area contributed by atoms with Gasteiger partial charge in [0.05, 0.1) is 0 Å². The molecule has 96 valence electrons. The Morgan fingerprint density at radius 1 is 0.895 bits per heavy atom. The second-order valence-electron chi connectivity index (χ2n) is 5.39. The molecule has 0 saturated carbocycles. The maximum atomic E-state index is 2.30. The monoisotopic (exact) mass is 248 g/mol. The summed E-state index contributed by atoms with van der Waals surface area (Å²) < 4.78 is 0. The molecule has 0 atom stereocenters. The van der Waals surface area contributed by atoms with Crippen molar-refractivity contribution in [1.29, 1.82) is 0 Å². The average molecular weight is 248 g/mol. The van der Waals surface area contributed by atoms with Crippen LogP contribution in [0.4, 0.5) is 0 Å². The fourth-order valence-electron chi connectivity index (χ4n) is 3.03. The number of hydrogen-bond acceptors (Lipinski definition) is 0. The largest absolute Gasteiger partial charge is 0.0622 e. The van der Waals surface area contributed by atoms with Crippen LogP contribution in [0.1, 0.15) is 42.0 Å². The molecule has 2 aromatic rings. The molecule has 0 heteroatoms. The minimum absolute atomic E-state index is 1.24. The summed E-state index contributed by atoms with van der Waals surface area (Å²) in [4.78, 5) is 0. The van der Waals surface area contributed by atoms with Crippen molar-refractivity contribution in [3.63, 3.8) is 0 Å². The summed E-state index contributed by atoms with van der Waals surface area (Å²) in [5.41, 5.74) is 7.25. The smallest absolute Gasteiger partial charge is 0.0192 e. The van der Waals surface area contributed by atoms with E-state index in [1.807, 2.05) is 0 Å². The zero-order valence-electron chi connectivity index (χ0n) is 11.5. The first kappa shape index (κ1) is 12.2. The van der Waals surface area contributed by atoms with E-state index in [1.54, 1.807) is 11.1 Å². The van der Waals surface area contributed by atoms with Gasteiger partial charge in [-0.2, -0.15) is 0 Å². The average Bonchev–Trinajstić information content (AvgIpc) is 2.47. The number of fused-ring (bicyclic) bond motifs is 1.